The van der Waals surface area contributed by atoms with Crippen molar-refractivity contribution in [2.45, 2.75) is 45.6 Å². The van der Waals surface area contributed by atoms with Crippen LogP contribution < -0.4 is 10.2 Å². The molecule has 2 heterocycles. The fourth-order valence-corrected chi connectivity index (χ4v) is 3.20. The van der Waals surface area contributed by atoms with Crippen LogP contribution >= 0.6 is 0 Å². The lowest BCUT2D eigenvalue weighted by Gasteiger charge is -2.22. The Balaban J connectivity index is 2.01. The van der Waals surface area contributed by atoms with Gasteiger partial charge in [-0.15, -0.1) is 0 Å². The summed E-state index contributed by atoms with van der Waals surface area (Å²) < 4.78 is 0. The molecule has 0 saturated carbocycles. The molecule has 4 heteroatoms. The normalized spacial score (nSPS) is 14.7. The monoisotopic (exact) mass is 311 g/mol. The number of carbonyl (C=O) groups is 1. The van der Waals surface area contributed by atoms with Gasteiger partial charge in [-0.2, -0.15) is 0 Å². The van der Waals surface area contributed by atoms with E-state index < -0.39 is 0 Å². The molecule has 23 heavy (non-hydrogen) atoms. The van der Waals surface area contributed by atoms with Crippen molar-refractivity contribution in [1.82, 2.24) is 10.3 Å². The summed E-state index contributed by atoms with van der Waals surface area (Å²) >= 11 is 0. The third-order valence-corrected chi connectivity index (χ3v) is 4.67. The highest BCUT2D eigenvalue weighted by atomic mass is 16.1. The van der Waals surface area contributed by atoms with E-state index in [1.165, 1.54) is 12.8 Å². The molecular formula is C19H25N3O. The molecule has 1 aromatic carbocycles. The van der Waals surface area contributed by atoms with Crippen LogP contribution in [0, 0.1) is 0 Å². The van der Waals surface area contributed by atoms with Crippen molar-refractivity contribution < 1.29 is 4.79 Å². The molecule has 2 aromatic rings. The van der Waals surface area contributed by atoms with Gasteiger partial charge in [-0.25, -0.2) is 4.98 Å². The summed E-state index contributed by atoms with van der Waals surface area (Å²) in [5.74, 6) is 0.837. The van der Waals surface area contributed by atoms with Gasteiger partial charge in [-0.3, -0.25) is 4.79 Å². The molecule has 0 unspecified atom stereocenters. The minimum absolute atomic E-state index is 0.00106. The van der Waals surface area contributed by atoms with Gasteiger partial charge < -0.3 is 10.2 Å². The molecule has 1 amide bonds. The molecule has 1 N–H and O–H groups in total. The average Bonchev–Trinajstić information content (AvgIpc) is 3.12. The zero-order valence-electron chi connectivity index (χ0n) is 14.0. The van der Waals surface area contributed by atoms with Crippen molar-refractivity contribution >= 4 is 22.6 Å². The van der Waals surface area contributed by atoms with E-state index in [0.29, 0.717) is 5.56 Å². The smallest absolute Gasteiger partial charge is 0.255 e. The number of carbonyl (C=O) groups excluding carboxylic acids is 1. The second-order valence-electron chi connectivity index (χ2n) is 6.23. The number of pyridine rings is 1. The van der Waals surface area contributed by atoms with Crippen molar-refractivity contribution in [3.63, 3.8) is 0 Å². The quantitative estimate of drug-likeness (QED) is 0.914. The zero-order valence-corrected chi connectivity index (χ0v) is 14.0. The van der Waals surface area contributed by atoms with E-state index in [0.717, 1.165) is 42.7 Å². The van der Waals surface area contributed by atoms with Gasteiger partial charge in [-0.05, 0) is 37.8 Å². The molecule has 0 aliphatic carbocycles. The Bertz CT molecular complexity index is 688. The van der Waals surface area contributed by atoms with E-state index in [4.69, 9.17) is 4.98 Å². The Morgan fingerprint density at radius 2 is 1.91 bits per heavy atom. The molecule has 4 nitrogen and oxygen atoms in total. The first-order valence-corrected chi connectivity index (χ1v) is 8.68. The number of aromatic nitrogens is 1. The zero-order chi connectivity index (χ0) is 16.2. The van der Waals surface area contributed by atoms with Gasteiger partial charge in [0, 0.05) is 24.5 Å². The SMILES string of the molecule is CCC(CC)NC(=O)c1cc2ccccc2nc1N1CCCC1. The molecule has 1 aromatic heterocycles. The van der Waals surface area contributed by atoms with E-state index in [1.807, 2.05) is 30.3 Å². The van der Waals surface area contributed by atoms with Gasteiger partial charge in [-0.1, -0.05) is 32.0 Å². The lowest BCUT2D eigenvalue weighted by atomic mass is 10.1. The van der Waals surface area contributed by atoms with Gasteiger partial charge >= 0.3 is 0 Å². The van der Waals surface area contributed by atoms with Crippen molar-refractivity contribution in [3.05, 3.63) is 35.9 Å². The number of hydrogen-bond acceptors (Lipinski definition) is 3. The Labute approximate surface area is 137 Å². The average molecular weight is 311 g/mol. The molecule has 122 valence electrons. The highest BCUT2D eigenvalue weighted by molar-refractivity contribution is 6.02. The second kappa shape index (κ2) is 6.99. The number of nitrogens with zero attached hydrogens (tertiary/aromatic N) is 2. The van der Waals surface area contributed by atoms with E-state index in [-0.39, 0.29) is 11.9 Å². The van der Waals surface area contributed by atoms with Crippen LogP contribution in [0.5, 0.6) is 0 Å². The van der Waals surface area contributed by atoms with E-state index in [1.54, 1.807) is 0 Å². The van der Waals surface area contributed by atoms with Crippen LogP contribution in [0.25, 0.3) is 10.9 Å². The van der Waals surface area contributed by atoms with E-state index in [9.17, 15) is 4.79 Å². The largest absolute Gasteiger partial charge is 0.356 e. The molecule has 0 radical (unpaired) electrons. The summed E-state index contributed by atoms with van der Waals surface area (Å²) in [5.41, 5.74) is 1.66. The molecule has 1 aliphatic rings. The minimum Gasteiger partial charge on any atom is -0.356 e. The molecule has 0 bridgehead atoms. The highest BCUT2D eigenvalue weighted by Gasteiger charge is 2.22. The first kappa shape index (κ1) is 15.8. The maximum absolute atomic E-state index is 12.8. The van der Waals surface area contributed by atoms with Crippen LogP contribution in [0.2, 0.25) is 0 Å². The number of hydrogen-bond donors (Lipinski definition) is 1. The highest BCUT2D eigenvalue weighted by Crippen LogP contribution is 2.26. The summed E-state index contributed by atoms with van der Waals surface area (Å²) in [7, 11) is 0. The number of rotatable bonds is 5. The lowest BCUT2D eigenvalue weighted by Crippen LogP contribution is -2.35. The lowest BCUT2D eigenvalue weighted by molar-refractivity contribution is 0.0935. The number of para-hydroxylation sites is 1. The minimum atomic E-state index is -0.00106. The van der Waals surface area contributed by atoms with E-state index >= 15 is 0 Å². The summed E-state index contributed by atoms with van der Waals surface area (Å²) in [6.07, 6.45) is 4.23. The summed E-state index contributed by atoms with van der Waals surface area (Å²) in [4.78, 5) is 19.9. The summed E-state index contributed by atoms with van der Waals surface area (Å²) in [6, 6.07) is 10.2. The Morgan fingerprint density at radius 3 is 2.61 bits per heavy atom. The van der Waals surface area contributed by atoms with Crippen molar-refractivity contribution in [2.75, 3.05) is 18.0 Å². The maximum Gasteiger partial charge on any atom is 0.255 e. The van der Waals surface area contributed by atoms with Crippen molar-refractivity contribution in [3.8, 4) is 0 Å². The summed E-state index contributed by atoms with van der Waals surface area (Å²) in [6.45, 7) is 6.18. The van der Waals surface area contributed by atoms with Crippen LogP contribution in [0.15, 0.2) is 30.3 Å². The predicted molar refractivity (Wildman–Crippen MR) is 95.0 cm³/mol. The third kappa shape index (κ3) is 3.31. The van der Waals surface area contributed by atoms with Crippen LogP contribution in [0.1, 0.15) is 49.9 Å². The second-order valence-corrected chi connectivity index (χ2v) is 6.23. The van der Waals surface area contributed by atoms with E-state index in [2.05, 4.69) is 24.1 Å². The fourth-order valence-electron chi connectivity index (χ4n) is 3.20. The number of nitrogens with one attached hydrogen (secondary N) is 1. The van der Waals surface area contributed by atoms with Gasteiger partial charge in [0.1, 0.15) is 5.82 Å². The Kier molecular flexibility index (Phi) is 4.79. The van der Waals surface area contributed by atoms with Crippen molar-refractivity contribution in [2.24, 2.45) is 0 Å². The molecule has 0 atom stereocenters. The van der Waals surface area contributed by atoms with Gasteiger partial charge in [0.25, 0.3) is 5.91 Å². The predicted octanol–water partition coefficient (Wildman–Crippen LogP) is 3.75. The number of amides is 1. The first-order valence-electron chi connectivity index (χ1n) is 8.68. The maximum atomic E-state index is 12.8. The number of anilines is 1. The van der Waals surface area contributed by atoms with Gasteiger partial charge in [0.15, 0.2) is 0 Å². The standard InChI is InChI=1S/C19H25N3O/c1-3-15(4-2)20-19(23)16-13-14-9-5-6-10-17(14)21-18(16)22-11-7-8-12-22/h5-6,9-10,13,15H,3-4,7-8,11-12H2,1-2H3,(H,20,23). The third-order valence-electron chi connectivity index (χ3n) is 4.67. The number of benzene rings is 1. The van der Waals surface area contributed by atoms with Gasteiger partial charge in [0.05, 0.1) is 11.1 Å². The Hall–Kier alpha value is -2.10. The Morgan fingerprint density at radius 1 is 1.22 bits per heavy atom. The van der Waals surface area contributed by atoms with Crippen LogP contribution in [0.4, 0.5) is 5.82 Å². The molecule has 1 aliphatic heterocycles. The fraction of sp³-hybridized carbons (Fsp3) is 0.474. The molecular weight excluding hydrogens is 286 g/mol. The van der Waals surface area contributed by atoms with Crippen LogP contribution in [0.3, 0.4) is 0 Å². The molecule has 3 rings (SSSR count). The van der Waals surface area contributed by atoms with Gasteiger partial charge in [0.2, 0.25) is 0 Å². The molecule has 0 spiro atoms. The summed E-state index contributed by atoms with van der Waals surface area (Å²) in [5, 5.41) is 4.17. The van der Waals surface area contributed by atoms with Crippen LogP contribution in [-0.4, -0.2) is 30.0 Å². The first-order chi connectivity index (χ1) is 11.2. The number of fused-ring (bicyclic) bond motifs is 1. The molecule has 1 saturated heterocycles. The van der Waals surface area contributed by atoms with Crippen molar-refractivity contribution in [1.29, 1.82) is 0 Å². The molecule has 1 fully saturated rings. The topological polar surface area (TPSA) is 45.2 Å². The van der Waals surface area contributed by atoms with Crippen LogP contribution in [-0.2, 0) is 0 Å².